The molecule has 1 heterocycles. The highest BCUT2D eigenvalue weighted by atomic mass is 35.5. The highest BCUT2D eigenvalue weighted by Crippen LogP contribution is 2.29. The highest BCUT2D eigenvalue weighted by Gasteiger charge is 2.14. The number of rotatable bonds is 6. The van der Waals surface area contributed by atoms with Crippen molar-refractivity contribution >= 4 is 23.4 Å². The summed E-state index contributed by atoms with van der Waals surface area (Å²) in [6.07, 6.45) is 1.81. The first-order chi connectivity index (χ1) is 11.7. The third-order valence-electron chi connectivity index (χ3n) is 3.43. The second-order valence-corrected chi connectivity index (χ2v) is 6.45. The first kappa shape index (κ1) is 16.7. The lowest BCUT2D eigenvalue weighted by molar-refractivity contribution is 0.627. The van der Waals surface area contributed by atoms with Crippen LogP contribution >= 0.6 is 23.4 Å². The average molecular weight is 360 g/mol. The fourth-order valence-electron chi connectivity index (χ4n) is 2.27. The Bertz CT molecular complexity index is 849. The minimum Gasteiger partial charge on any atom is -0.298 e. The van der Waals surface area contributed by atoms with Crippen molar-refractivity contribution in [3.8, 4) is 11.4 Å². The number of benzene rings is 2. The molecule has 0 saturated heterocycles. The van der Waals surface area contributed by atoms with Gasteiger partial charge >= 0.3 is 0 Å². The fourth-order valence-corrected chi connectivity index (χ4v) is 3.54. The molecule has 0 aliphatic rings. The van der Waals surface area contributed by atoms with Crippen LogP contribution in [0.2, 0.25) is 5.02 Å². The van der Waals surface area contributed by atoms with Crippen molar-refractivity contribution in [1.29, 1.82) is 0 Å². The largest absolute Gasteiger partial charge is 0.298 e. The summed E-state index contributed by atoms with van der Waals surface area (Å²) in [5.74, 6) is 1.04. The van der Waals surface area contributed by atoms with Crippen LogP contribution in [0.5, 0.6) is 0 Å². The van der Waals surface area contributed by atoms with Crippen LogP contribution in [-0.4, -0.2) is 14.8 Å². The van der Waals surface area contributed by atoms with E-state index in [0.717, 1.165) is 22.1 Å². The van der Waals surface area contributed by atoms with Gasteiger partial charge in [-0.05, 0) is 17.7 Å². The molecule has 0 aliphatic heterocycles. The van der Waals surface area contributed by atoms with Crippen LogP contribution in [0.1, 0.15) is 5.56 Å². The molecule has 0 aliphatic carbocycles. The Labute approximate surface area is 149 Å². The molecule has 2 aromatic carbocycles. The van der Waals surface area contributed by atoms with Crippen molar-refractivity contribution in [3.63, 3.8) is 0 Å². The Morgan fingerprint density at radius 2 is 1.96 bits per heavy atom. The Hall–Kier alpha value is -2.11. The number of nitrogens with zero attached hydrogens (tertiary/aromatic N) is 3. The lowest BCUT2D eigenvalue weighted by Crippen LogP contribution is -2.00. The van der Waals surface area contributed by atoms with Gasteiger partial charge in [0.25, 0.3) is 0 Å². The van der Waals surface area contributed by atoms with Crippen LogP contribution in [0.15, 0.2) is 66.3 Å². The molecule has 0 atom stereocenters. The third kappa shape index (κ3) is 3.68. The van der Waals surface area contributed by atoms with Gasteiger partial charge in [0.05, 0.1) is 0 Å². The molecule has 0 N–H and O–H groups in total. The smallest absolute Gasteiger partial charge is 0.192 e. The zero-order valence-corrected chi connectivity index (χ0v) is 14.4. The maximum Gasteiger partial charge on any atom is 0.192 e. The van der Waals surface area contributed by atoms with Gasteiger partial charge in [-0.2, -0.15) is 0 Å². The van der Waals surface area contributed by atoms with E-state index in [9.17, 15) is 4.39 Å². The van der Waals surface area contributed by atoms with E-state index in [1.54, 1.807) is 6.07 Å². The maximum absolute atomic E-state index is 13.1. The fraction of sp³-hybridized carbons (Fsp3) is 0.111. The molecule has 0 bridgehead atoms. The monoisotopic (exact) mass is 359 g/mol. The summed E-state index contributed by atoms with van der Waals surface area (Å²) in [6, 6.07) is 14.3. The quantitative estimate of drug-likeness (QED) is 0.446. The van der Waals surface area contributed by atoms with E-state index < -0.39 is 0 Å². The number of hydrogen-bond donors (Lipinski definition) is 0. The molecule has 0 amide bonds. The van der Waals surface area contributed by atoms with Gasteiger partial charge < -0.3 is 0 Å². The van der Waals surface area contributed by atoms with Crippen LogP contribution in [-0.2, 0) is 12.3 Å². The van der Waals surface area contributed by atoms with E-state index >= 15 is 0 Å². The standard InChI is InChI=1S/C18H15ClFN3S/c1-2-10-23-17(13-6-4-3-5-7-13)21-22-18(23)24-12-14-8-9-15(20)11-16(14)19/h2-9,11H,1,10,12H2. The van der Waals surface area contributed by atoms with E-state index in [1.165, 1.54) is 23.9 Å². The van der Waals surface area contributed by atoms with Crippen LogP contribution in [0, 0.1) is 5.82 Å². The minimum absolute atomic E-state index is 0.338. The van der Waals surface area contributed by atoms with Gasteiger partial charge in [-0.3, -0.25) is 4.57 Å². The normalized spacial score (nSPS) is 10.8. The third-order valence-corrected chi connectivity index (χ3v) is 4.80. The van der Waals surface area contributed by atoms with Gasteiger partial charge in [0.2, 0.25) is 0 Å². The molecule has 0 radical (unpaired) electrons. The predicted molar refractivity (Wildman–Crippen MR) is 96.6 cm³/mol. The molecular weight excluding hydrogens is 345 g/mol. The maximum atomic E-state index is 13.1. The summed E-state index contributed by atoms with van der Waals surface area (Å²) in [6.45, 7) is 4.41. The zero-order valence-electron chi connectivity index (χ0n) is 12.8. The number of aromatic nitrogens is 3. The lowest BCUT2D eigenvalue weighted by atomic mass is 10.2. The van der Waals surface area contributed by atoms with Crippen LogP contribution in [0.4, 0.5) is 4.39 Å². The summed E-state index contributed by atoms with van der Waals surface area (Å²) in [4.78, 5) is 0. The Balaban J connectivity index is 1.85. The molecule has 122 valence electrons. The molecule has 3 nitrogen and oxygen atoms in total. The molecule has 3 aromatic rings. The first-order valence-corrected chi connectivity index (χ1v) is 8.71. The van der Waals surface area contributed by atoms with Crippen molar-refractivity contribution < 1.29 is 4.39 Å². The number of halogens is 2. The Morgan fingerprint density at radius 3 is 2.67 bits per heavy atom. The molecule has 24 heavy (non-hydrogen) atoms. The van der Waals surface area contributed by atoms with Crippen molar-refractivity contribution in [1.82, 2.24) is 14.8 Å². The van der Waals surface area contributed by atoms with Crippen molar-refractivity contribution in [3.05, 3.63) is 77.6 Å². The molecule has 6 heteroatoms. The van der Waals surface area contributed by atoms with Gasteiger partial charge in [-0.25, -0.2) is 4.39 Å². The SMILES string of the molecule is C=CCn1c(SCc2ccc(F)cc2Cl)nnc1-c1ccccc1. The zero-order chi connectivity index (χ0) is 16.9. The lowest BCUT2D eigenvalue weighted by Gasteiger charge is -2.08. The summed E-state index contributed by atoms with van der Waals surface area (Å²) >= 11 is 7.60. The van der Waals surface area contributed by atoms with Gasteiger partial charge in [0.15, 0.2) is 11.0 Å². The Kier molecular flexibility index (Phi) is 5.33. The second-order valence-electron chi connectivity index (χ2n) is 5.10. The molecule has 0 fully saturated rings. The minimum atomic E-state index is -0.338. The Morgan fingerprint density at radius 1 is 1.17 bits per heavy atom. The van der Waals surface area contributed by atoms with E-state index in [0.29, 0.717) is 17.3 Å². The van der Waals surface area contributed by atoms with Crippen LogP contribution < -0.4 is 0 Å². The van der Waals surface area contributed by atoms with Gasteiger partial charge in [-0.15, -0.1) is 16.8 Å². The van der Waals surface area contributed by atoms with E-state index in [1.807, 2.05) is 41.0 Å². The van der Waals surface area contributed by atoms with E-state index in [4.69, 9.17) is 11.6 Å². The van der Waals surface area contributed by atoms with Crippen molar-refractivity contribution in [2.24, 2.45) is 0 Å². The number of hydrogen-bond acceptors (Lipinski definition) is 3. The van der Waals surface area contributed by atoms with Crippen molar-refractivity contribution in [2.75, 3.05) is 0 Å². The van der Waals surface area contributed by atoms with Crippen LogP contribution in [0.3, 0.4) is 0 Å². The van der Waals surface area contributed by atoms with Crippen molar-refractivity contribution in [2.45, 2.75) is 17.5 Å². The number of thioether (sulfide) groups is 1. The average Bonchev–Trinajstić information content (AvgIpc) is 2.98. The first-order valence-electron chi connectivity index (χ1n) is 7.35. The van der Waals surface area contributed by atoms with Gasteiger partial charge in [0, 0.05) is 22.9 Å². The topological polar surface area (TPSA) is 30.7 Å². The van der Waals surface area contributed by atoms with Gasteiger partial charge in [0.1, 0.15) is 5.82 Å². The molecule has 3 rings (SSSR count). The summed E-state index contributed by atoms with van der Waals surface area (Å²) in [5, 5.41) is 9.78. The van der Waals surface area contributed by atoms with Crippen LogP contribution in [0.25, 0.3) is 11.4 Å². The summed E-state index contributed by atoms with van der Waals surface area (Å²) < 4.78 is 15.1. The second kappa shape index (κ2) is 7.64. The highest BCUT2D eigenvalue weighted by molar-refractivity contribution is 7.98. The van der Waals surface area contributed by atoms with E-state index in [2.05, 4.69) is 16.8 Å². The van der Waals surface area contributed by atoms with Gasteiger partial charge in [-0.1, -0.05) is 65.8 Å². The molecule has 0 saturated carbocycles. The molecular formula is C18H15ClFN3S. The van der Waals surface area contributed by atoms with E-state index in [-0.39, 0.29) is 5.82 Å². The summed E-state index contributed by atoms with van der Waals surface area (Å²) in [7, 11) is 0. The molecule has 0 spiro atoms. The molecule has 1 aromatic heterocycles. The number of allylic oxidation sites excluding steroid dienone is 1. The molecule has 0 unspecified atom stereocenters. The summed E-state index contributed by atoms with van der Waals surface area (Å²) in [5.41, 5.74) is 1.86. The predicted octanol–water partition coefficient (Wildman–Crippen LogP) is 5.22.